The lowest BCUT2D eigenvalue weighted by molar-refractivity contribution is 0.275. The highest BCUT2D eigenvalue weighted by molar-refractivity contribution is 5.56. The van der Waals surface area contributed by atoms with Gasteiger partial charge in [-0.1, -0.05) is 6.92 Å². The molecule has 0 amide bonds. The molecule has 8 heavy (non-hydrogen) atoms. The van der Waals surface area contributed by atoms with Gasteiger partial charge in [-0.2, -0.15) is 0 Å². The van der Waals surface area contributed by atoms with E-state index in [2.05, 4.69) is 4.99 Å². The number of rotatable bonds is 3. The van der Waals surface area contributed by atoms with E-state index in [1.165, 1.54) is 0 Å². The Balaban J connectivity index is 3.21. The minimum Gasteiger partial charge on any atom is -0.394 e. The van der Waals surface area contributed by atoms with Gasteiger partial charge in [0.15, 0.2) is 0 Å². The molecule has 0 aliphatic heterocycles. The summed E-state index contributed by atoms with van der Waals surface area (Å²) < 4.78 is 0. The molecule has 2 heteroatoms. The number of hydrogen-bond acceptors (Lipinski definition) is 2. The molecule has 0 heterocycles. The van der Waals surface area contributed by atoms with E-state index >= 15 is 0 Å². The molecule has 0 fully saturated rings. The van der Waals surface area contributed by atoms with Gasteiger partial charge in [0.2, 0.25) is 0 Å². The molecule has 0 aliphatic carbocycles. The van der Waals surface area contributed by atoms with Crippen LogP contribution in [0.1, 0.15) is 20.3 Å². The third-order valence-electron chi connectivity index (χ3n) is 0.807. The quantitative estimate of drug-likeness (QED) is 0.543. The molecule has 0 radical (unpaired) electrons. The topological polar surface area (TPSA) is 32.6 Å². The van der Waals surface area contributed by atoms with E-state index in [-0.39, 0.29) is 12.6 Å². The second kappa shape index (κ2) is 4.78. The van der Waals surface area contributed by atoms with Crippen LogP contribution in [0.4, 0.5) is 0 Å². The molecule has 2 nitrogen and oxygen atoms in total. The molecule has 0 bridgehead atoms. The minimum atomic E-state index is 0.0787. The number of hydrogen-bond donors (Lipinski definition) is 1. The normalized spacial score (nSPS) is 14.9. The molecule has 0 rings (SSSR count). The monoisotopic (exact) mass is 115 g/mol. The second-order valence-corrected chi connectivity index (χ2v) is 1.77. The summed E-state index contributed by atoms with van der Waals surface area (Å²) in [6.45, 7) is 4.05. The summed E-state index contributed by atoms with van der Waals surface area (Å²) in [4.78, 5) is 3.99. The summed E-state index contributed by atoms with van der Waals surface area (Å²) in [5.74, 6) is 0. The van der Waals surface area contributed by atoms with Crippen molar-refractivity contribution in [2.45, 2.75) is 26.3 Å². The average Bonchev–Trinajstić information content (AvgIpc) is 1.83. The summed E-state index contributed by atoms with van der Waals surface area (Å²) in [5, 5.41) is 8.45. The molecule has 1 unspecified atom stereocenters. The maximum absolute atomic E-state index is 8.45. The van der Waals surface area contributed by atoms with Crippen LogP contribution in [0.25, 0.3) is 0 Å². The highest BCUT2D eigenvalue weighted by Gasteiger charge is 1.89. The molecule has 0 aliphatic rings. The third kappa shape index (κ3) is 3.81. The van der Waals surface area contributed by atoms with Crippen molar-refractivity contribution in [1.29, 1.82) is 0 Å². The Labute approximate surface area is 50.3 Å². The first kappa shape index (κ1) is 7.63. The molecule has 0 spiro atoms. The number of nitrogens with zero attached hydrogens (tertiary/aromatic N) is 1. The van der Waals surface area contributed by atoms with Crippen LogP contribution in [0.15, 0.2) is 4.99 Å². The Hall–Kier alpha value is -0.370. The van der Waals surface area contributed by atoms with Crippen LogP contribution < -0.4 is 0 Å². The largest absolute Gasteiger partial charge is 0.394 e. The van der Waals surface area contributed by atoms with Gasteiger partial charge in [-0.15, -0.1) is 0 Å². The Morgan fingerprint density at radius 2 is 2.38 bits per heavy atom. The van der Waals surface area contributed by atoms with Crippen molar-refractivity contribution in [3.8, 4) is 0 Å². The fourth-order valence-electron chi connectivity index (χ4n) is 0.332. The summed E-state index contributed by atoms with van der Waals surface area (Å²) in [7, 11) is 0. The smallest absolute Gasteiger partial charge is 0.0698 e. The molecule has 0 aromatic rings. The van der Waals surface area contributed by atoms with E-state index in [4.69, 9.17) is 5.11 Å². The Morgan fingerprint density at radius 3 is 2.75 bits per heavy atom. The van der Waals surface area contributed by atoms with Gasteiger partial charge in [0, 0.05) is 0 Å². The zero-order valence-corrected chi connectivity index (χ0v) is 5.46. The molecule has 1 atom stereocenters. The Kier molecular flexibility index (Phi) is 4.56. The van der Waals surface area contributed by atoms with Crippen LogP contribution in [0.3, 0.4) is 0 Å². The van der Waals surface area contributed by atoms with E-state index < -0.39 is 0 Å². The molecule has 48 valence electrons. The van der Waals surface area contributed by atoms with Gasteiger partial charge >= 0.3 is 0 Å². The fraction of sp³-hybridized carbons (Fsp3) is 0.833. The zero-order valence-electron chi connectivity index (χ0n) is 5.46. The summed E-state index contributed by atoms with van der Waals surface area (Å²) in [6, 6.07) is 0.0787. The van der Waals surface area contributed by atoms with Crippen LogP contribution in [0.2, 0.25) is 0 Å². The highest BCUT2D eigenvalue weighted by Crippen LogP contribution is 1.84. The first-order valence-electron chi connectivity index (χ1n) is 2.93. The Morgan fingerprint density at radius 1 is 1.75 bits per heavy atom. The summed E-state index contributed by atoms with van der Waals surface area (Å²) >= 11 is 0. The van der Waals surface area contributed by atoms with Gasteiger partial charge < -0.3 is 5.11 Å². The van der Waals surface area contributed by atoms with Gasteiger partial charge in [0.25, 0.3) is 0 Å². The molecule has 1 N–H and O–H groups in total. The van der Waals surface area contributed by atoms with E-state index in [9.17, 15) is 0 Å². The van der Waals surface area contributed by atoms with Gasteiger partial charge in [-0.3, -0.25) is 4.99 Å². The lowest BCUT2D eigenvalue weighted by Crippen LogP contribution is -2.03. The predicted octanol–water partition coefficient (Wildman–Crippen LogP) is 0.848. The van der Waals surface area contributed by atoms with Gasteiger partial charge in [0.05, 0.1) is 12.6 Å². The molecule has 0 saturated heterocycles. The molecule has 0 aromatic carbocycles. The molecular weight excluding hydrogens is 102 g/mol. The number of aliphatic imine (C=N–C) groups is 1. The maximum Gasteiger partial charge on any atom is 0.0698 e. The summed E-state index contributed by atoms with van der Waals surface area (Å²) in [5.41, 5.74) is 0. The van der Waals surface area contributed by atoms with E-state index in [0.717, 1.165) is 6.42 Å². The van der Waals surface area contributed by atoms with Crippen LogP contribution in [-0.2, 0) is 0 Å². The zero-order chi connectivity index (χ0) is 6.41. The fourth-order valence-corrected chi connectivity index (χ4v) is 0.332. The van der Waals surface area contributed by atoms with Crippen molar-refractivity contribution < 1.29 is 5.11 Å². The SMILES string of the molecule is CCC=NC(C)CO. The average molecular weight is 115 g/mol. The van der Waals surface area contributed by atoms with E-state index in [1.807, 2.05) is 20.1 Å². The lowest BCUT2D eigenvalue weighted by atomic mass is 10.4. The van der Waals surface area contributed by atoms with Gasteiger partial charge in [-0.25, -0.2) is 0 Å². The van der Waals surface area contributed by atoms with Crippen molar-refractivity contribution in [1.82, 2.24) is 0 Å². The standard InChI is InChI=1S/C6H13NO/c1-3-4-7-6(2)5-8/h4,6,8H,3,5H2,1-2H3. The van der Waals surface area contributed by atoms with Crippen molar-refractivity contribution >= 4 is 6.21 Å². The van der Waals surface area contributed by atoms with Crippen molar-refractivity contribution in [2.75, 3.05) is 6.61 Å². The number of aliphatic hydroxyl groups excluding tert-OH is 1. The third-order valence-corrected chi connectivity index (χ3v) is 0.807. The van der Waals surface area contributed by atoms with E-state index in [0.29, 0.717) is 0 Å². The van der Waals surface area contributed by atoms with Crippen LogP contribution in [-0.4, -0.2) is 24.0 Å². The summed E-state index contributed by atoms with van der Waals surface area (Å²) in [6.07, 6.45) is 2.77. The van der Waals surface area contributed by atoms with Crippen LogP contribution in [0.5, 0.6) is 0 Å². The number of aliphatic hydroxyl groups is 1. The van der Waals surface area contributed by atoms with Crippen molar-refractivity contribution in [3.63, 3.8) is 0 Å². The van der Waals surface area contributed by atoms with Gasteiger partial charge in [-0.05, 0) is 19.6 Å². The van der Waals surface area contributed by atoms with E-state index in [1.54, 1.807) is 0 Å². The Bertz CT molecular complexity index is 70.9. The molecular formula is C6H13NO. The van der Waals surface area contributed by atoms with Crippen LogP contribution in [0, 0.1) is 0 Å². The molecule has 0 saturated carbocycles. The maximum atomic E-state index is 8.45. The predicted molar refractivity (Wildman–Crippen MR) is 35.3 cm³/mol. The molecule has 0 aromatic heterocycles. The first-order chi connectivity index (χ1) is 3.81. The second-order valence-electron chi connectivity index (χ2n) is 1.77. The minimum absolute atomic E-state index is 0.0787. The van der Waals surface area contributed by atoms with Gasteiger partial charge in [0.1, 0.15) is 0 Å². The first-order valence-corrected chi connectivity index (χ1v) is 2.93. The van der Waals surface area contributed by atoms with Crippen LogP contribution >= 0.6 is 0 Å². The van der Waals surface area contributed by atoms with Crippen molar-refractivity contribution in [2.24, 2.45) is 4.99 Å². The highest BCUT2D eigenvalue weighted by atomic mass is 16.3. The van der Waals surface area contributed by atoms with Crippen molar-refractivity contribution in [3.05, 3.63) is 0 Å². The lowest BCUT2D eigenvalue weighted by Gasteiger charge is -1.96.